The van der Waals surface area contributed by atoms with Gasteiger partial charge in [0, 0.05) is 22.3 Å². The zero-order chi connectivity index (χ0) is 27.7. The SMILES string of the molecule is FC(F)(F)c1ccc(-c2cc(-c3ccccc3)c3cccc(P(=S)(c4ccccc4)c4ccccc4)c3n2)cc1. The summed E-state index contributed by atoms with van der Waals surface area (Å²) in [6, 6.07) is 40.9. The van der Waals surface area contributed by atoms with Crippen LogP contribution in [0, 0.1) is 0 Å². The second kappa shape index (κ2) is 10.5. The summed E-state index contributed by atoms with van der Waals surface area (Å²) in [5.41, 5.74) is 3.21. The summed E-state index contributed by atoms with van der Waals surface area (Å²) in [5.74, 6) is 0. The molecule has 0 unspecified atom stereocenters. The first-order valence-corrected chi connectivity index (χ1v) is 15.5. The smallest absolute Gasteiger partial charge is 0.247 e. The third-order valence-electron chi connectivity index (χ3n) is 6.99. The molecule has 6 aromatic rings. The number of hydrogen-bond acceptors (Lipinski definition) is 2. The lowest BCUT2D eigenvalue weighted by Gasteiger charge is -2.26. The zero-order valence-electron chi connectivity index (χ0n) is 21.2. The Hall–Kier alpha value is -4.05. The number of hydrogen-bond donors (Lipinski definition) is 0. The predicted octanol–water partition coefficient (Wildman–Crippen LogP) is 8.34. The lowest BCUT2D eigenvalue weighted by atomic mass is 9.98. The summed E-state index contributed by atoms with van der Waals surface area (Å²) >= 11 is 6.65. The van der Waals surface area contributed by atoms with Crippen LogP contribution >= 0.6 is 6.04 Å². The number of alkyl halides is 3. The molecule has 0 atom stereocenters. The van der Waals surface area contributed by atoms with Gasteiger partial charge in [-0.05, 0) is 39.9 Å². The van der Waals surface area contributed by atoms with Gasteiger partial charge in [0.15, 0.2) is 0 Å². The monoisotopic (exact) mass is 565 g/mol. The van der Waals surface area contributed by atoms with Crippen molar-refractivity contribution in [3.8, 4) is 22.4 Å². The van der Waals surface area contributed by atoms with E-state index in [-0.39, 0.29) is 0 Å². The molecule has 0 saturated heterocycles. The maximum absolute atomic E-state index is 13.3. The van der Waals surface area contributed by atoms with Gasteiger partial charge in [-0.25, -0.2) is 4.98 Å². The van der Waals surface area contributed by atoms with Crippen molar-refractivity contribution in [2.24, 2.45) is 0 Å². The van der Waals surface area contributed by atoms with Gasteiger partial charge in [0.05, 0.1) is 16.8 Å². The molecular formula is C34H23F3NPS. The van der Waals surface area contributed by atoms with Gasteiger partial charge in [-0.2, -0.15) is 13.2 Å². The van der Waals surface area contributed by atoms with E-state index >= 15 is 0 Å². The van der Waals surface area contributed by atoms with Crippen molar-refractivity contribution in [3.63, 3.8) is 0 Å². The molecule has 196 valence electrons. The highest BCUT2D eigenvalue weighted by Gasteiger charge is 2.31. The molecule has 0 spiro atoms. The topological polar surface area (TPSA) is 12.9 Å². The van der Waals surface area contributed by atoms with E-state index in [0.29, 0.717) is 11.3 Å². The summed E-state index contributed by atoms with van der Waals surface area (Å²) in [4.78, 5) is 5.12. The van der Waals surface area contributed by atoms with Crippen molar-refractivity contribution in [2.45, 2.75) is 6.18 Å². The van der Waals surface area contributed by atoms with Crippen LogP contribution in [-0.4, -0.2) is 4.98 Å². The van der Waals surface area contributed by atoms with Crippen LogP contribution in [0.25, 0.3) is 33.3 Å². The van der Waals surface area contributed by atoms with Crippen LogP contribution in [0.15, 0.2) is 140 Å². The lowest BCUT2D eigenvalue weighted by molar-refractivity contribution is -0.137. The van der Waals surface area contributed by atoms with Crippen LogP contribution in [0.5, 0.6) is 0 Å². The number of aromatic nitrogens is 1. The minimum Gasteiger partial charge on any atom is -0.247 e. The van der Waals surface area contributed by atoms with Crippen LogP contribution in [0.4, 0.5) is 13.2 Å². The van der Waals surface area contributed by atoms with Crippen LogP contribution < -0.4 is 15.9 Å². The first kappa shape index (κ1) is 26.2. The molecule has 6 heteroatoms. The fourth-order valence-corrected chi connectivity index (χ4v) is 9.00. The minimum atomic E-state index is -4.41. The van der Waals surface area contributed by atoms with Gasteiger partial charge in [-0.15, -0.1) is 0 Å². The van der Waals surface area contributed by atoms with E-state index in [1.54, 1.807) is 0 Å². The summed E-state index contributed by atoms with van der Waals surface area (Å²) in [5, 5.41) is 3.99. The van der Waals surface area contributed by atoms with Crippen molar-refractivity contribution in [3.05, 3.63) is 145 Å². The molecule has 0 aliphatic heterocycles. The Morgan fingerprint density at radius 2 is 1.12 bits per heavy atom. The van der Waals surface area contributed by atoms with E-state index in [1.165, 1.54) is 12.1 Å². The third kappa shape index (κ3) is 4.77. The molecule has 0 amide bonds. The molecule has 1 aromatic heterocycles. The van der Waals surface area contributed by atoms with Crippen molar-refractivity contribution < 1.29 is 13.2 Å². The molecule has 0 fully saturated rings. The molecule has 1 nitrogen and oxygen atoms in total. The molecule has 40 heavy (non-hydrogen) atoms. The maximum atomic E-state index is 13.3. The quantitative estimate of drug-likeness (QED) is 0.195. The van der Waals surface area contributed by atoms with Gasteiger partial charge < -0.3 is 0 Å². The second-order valence-electron chi connectivity index (χ2n) is 9.45. The fourth-order valence-electron chi connectivity index (χ4n) is 5.02. The first-order valence-electron chi connectivity index (χ1n) is 12.7. The molecule has 5 aromatic carbocycles. The van der Waals surface area contributed by atoms with E-state index < -0.39 is 17.8 Å². The van der Waals surface area contributed by atoms with E-state index in [1.807, 2.05) is 84.9 Å². The lowest BCUT2D eigenvalue weighted by Crippen LogP contribution is -2.25. The van der Waals surface area contributed by atoms with Gasteiger partial charge in [0.1, 0.15) is 0 Å². The van der Waals surface area contributed by atoms with Crippen LogP contribution in [0.3, 0.4) is 0 Å². The molecule has 0 saturated carbocycles. The summed E-state index contributed by atoms with van der Waals surface area (Å²) in [6.45, 7) is 0. The number of halogens is 3. The van der Waals surface area contributed by atoms with Crippen molar-refractivity contribution in [2.75, 3.05) is 0 Å². The first-order chi connectivity index (χ1) is 19.4. The van der Waals surface area contributed by atoms with Gasteiger partial charge in [-0.3, -0.25) is 0 Å². The van der Waals surface area contributed by atoms with Crippen molar-refractivity contribution in [1.82, 2.24) is 4.98 Å². The molecule has 0 aliphatic carbocycles. The number of nitrogens with zero attached hydrogens (tertiary/aromatic N) is 1. The van der Waals surface area contributed by atoms with Gasteiger partial charge in [0.2, 0.25) is 0 Å². The standard InChI is InChI=1S/C34H23F3NPS/c35-34(36,37)26-21-19-25(20-22-26)31-23-30(24-11-4-1-5-12-24)29-17-10-18-32(33(29)38-31)39(40,27-13-6-2-7-14-27)28-15-8-3-9-16-28/h1-23H. The predicted molar refractivity (Wildman–Crippen MR) is 164 cm³/mol. The Bertz CT molecular complexity index is 1790. The number of benzene rings is 5. The zero-order valence-corrected chi connectivity index (χ0v) is 22.9. The largest absolute Gasteiger partial charge is 0.416 e. The van der Waals surface area contributed by atoms with Crippen molar-refractivity contribution in [1.29, 1.82) is 0 Å². The molecule has 6 rings (SSSR count). The molecule has 1 heterocycles. The molecule has 0 bridgehead atoms. The number of para-hydroxylation sites is 1. The minimum absolute atomic E-state index is 0.593. The van der Waals surface area contributed by atoms with Crippen molar-refractivity contribution >= 4 is 44.7 Å². The Labute approximate surface area is 236 Å². The number of pyridine rings is 1. The van der Waals surface area contributed by atoms with E-state index in [2.05, 4.69) is 30.3 Å². The normalized spacial score (nSPS) is 12.0. The maximum Gasteiger partial charge on any atom is 0.416 e. The van der Waals surface area contributed by atoms with Gasteiger partial charge in [-0.1, -0.05) is 133 Å². The van der Waals surface area contributed by atoms with Gasteiger partial charge >= 0.3 is 6.18 Å². The molecule has 0 radical (unpaired) electrons. The van der Waals surface area contributed by atoms with E-state index in [4.69, 9.17) is 16.8 Å². The Kier molecular flexibility index (Phi) is 6.87. The highest BCUT2D eigenvalue weighted by Crippen LogP contribution is 2.45. The molecule has 0 N–H and O–H groups in total. The number of fused-ring (bicyclic) bond motifs is 1. The fraction of sp³-hybridized carbons (Fsp3) is 0.0294. The van der Waals surface area contributed by atoms with Crippen LogP contribution in [0.2, 0.25) is 0 Å². The summed E-state index contributed by atoms with van der Waals surface area (Å²) < 4.78 is 39.9. The van der Waals surface area contributed by atoms with E-state index in [9.17, 15) is 13.2 Å². The average Bonchev–Trinajstić information content (AvgIpc) is 3.01. The van der Waals surface area contributed by atoms with Crippen LogP contribution in [-0.2, 0) is 18.0 Å². The molecular weight excluding hydrogens is 542 g/mol. The highest BCUT2D eigenvalue weighted by molar-refractivity contribution is 8.25. The Balaban J connectivity index is 1.68. The summed E-state index contributed by atoms with van der Waals surface area (Å²) in [6.07, 6.45) is -4.41. The second-order valence-corrected chi connectivity index (χ2v) is 13.8. The van der Waals surface area contributed by atoms with E-state index in [0.717, 1.165) is 50.1 Å². The van der Waals surface area contributed by atoms with Crippen LogP contribution in [0.1, 0.15) is 5.56 Å². The third-order valence-corrected chi connectivity index (χ3v) is 11.9. The summed E-state index contributed by atoms with van der Waals surface area (Å²) in [7, 11) is 0. The van der Waals surface area contributed by atoms with Gasteiger partial charge in [0.25, 0.3) is 0 Å². The number of rotatable bonds is 5. The Morgan fingerprint density at radius 3 is 1.68 bits per heavy atom. The highest BCUT2D eigenvalue weighted by atomic mass is 32.4. The average molecular weight is 566 g/mol. The Morgan fingerprint density at radius 1 is 0.575 bits per heavy atom. The molecule has 0 aliphatic rings.